The van der Waals surface area contributed by atoms with E-state index < -0.39 is 6.10 Å². The van der Waals surface area contributed by atoms with Crippen LogP contribution in [-0.2, 0) is 28.6 Å². The summed E-state index contributed by atoms with van der Waals surface area (Å²) in [5, 5.41) is 0. The summed E-state index contributed by atoms with van der Waals surface area (Å²) < 4.78 is 16.9. The molecule has 0 heterocycles. The van der Waals surface area contributed by atoms with E-state index in [0.717, 1.165) is 103 Å². The third-order valence-corrected chi connectivity index (χ3v) is 12.4. The average Bonchev–Trinajstić information content (AvgIpc) is 3.34. The minimum absolute atomic E-state index is 0.0789. The van der Waals surface area contributed by atoms with E-state index in [9.17, 15) is 14.4 Å². The molecule has 0 aliphatic rings. The van der Waals surface area contributed by atoms with E-state index >= 15 is 0 Å². The molecule has 6 nitrogen and oxygen atoms in total. The predicted molar refractivity (Wildman–Crippen MR) is 293 cm³/mol. The molecule has 0 aromatic rings. The molecule has 0 aliphatic heterocycles. The number of allylic oxidation sites excluding steroid dienone is 12. The molecule has 0 spiro atoms. The number of unbranched alkanes of at least 4 members (excludes halogenated alkanes) is 29. The van der Waals surface area contributed by atoms with Crippen LogP contribution >= 0.6 is 0 Å². The average molecular weight is 950 g/mol. The van der Waals surface area contributed by atoms with Crippen LogP contribution in [0.15, 0.2) is 72.9 Å². The summed E-state index contributed by atoms with van der Waals surface area (Å²) in [5.41, 5.74) is 0. The highest BCUT2D eigenvalue weighted by atomic mass is 16.6. The summed E-state index contributed by atoms with van der Waals surface area (Å²) in [5.74, 6) is -0.886. The SMILES string of the molecule is CC/C=C\C/C=C\C/C=C\C/C=C\CCCCCCCCCCC(=O)OCC(COC(=O)CCCCCCCCCCCCCC)OC(=O)CCCCCCCCC/C=C\C/C=C\CCCCC. The maximum Gasteiger partial charge on any atom is 0.306 e. The number of carbonyl (C=O) groups excluding carboxylic acids is 3. The molecule has 6 heteroatoms. The van der Waals surface area contributed by atoms with Crippen molar-refractivity contribution < 1.29 is 28.6 Å². The van der Waals surface area contributed by atoms with Crippen LogP contribution in [0.3, 0.4) is 0 Å². The van der Waals surface area contributed by atoms with Gasteiger partial charge >= 0.3 is 17.9 Å². The first-order valence-corrected chi connectivity index (χ1v) is 28.9. The number of hydrogen-bond donors (Lipinski definition) is 0. The molecule has 1 unspecified atom stereocenters. The van der Waals surface area contributed by atoms with Gasteiger partial charge in [-0.25, -0.2) is 0 Å². The van der Waals surface area contributed by atoms with Gasteiger partial charge in [-0.15, -0.1) is 0 Å². The molecule has 0 amide bonds. The van der Waals surface area contributed by atoms with Gasteiger partial charge in [0.05, 0.1) is 0 Å². The van der Waals surface area contributed by atoms with Gasteiger partial charge in [0, 0.05) is 19.3 Å². The highest BCUT2D eigenvalue weighted by Gasteiger charge is 2.19. The second kappa shape index (κ2) is 56.4. The van der Waals surface area contributed by atoms with E-state index in [1.54, 1.807) is 0 Å². The lowest BCUT2D eigenvalue weighted by Crippen LogP contribution is -2.30. The van der Waals surface area contributed by atoms with Gasteiger partial charge in [0.2, 0.25) is 0 Å². The normalized spacial score (nSPS) is 12.6. The summed E-state index contributed by atoms with van der Waals surface area (Å²) in [4.78, 5) is 38.1. The molecule has 68 heavy (non-hydrogen) atoms. The molecule has 0 N–H and O–H groups in total. The summed E-state index contributed by atoms with van der Waals surface area (Å²) in [7, 11) is 0. The van der Waals surface area contributed by atoms with E-state index in [4.69, 9.17) is 14.2 Å². The van der Waals surface area contributed by atoms with Crippen LogP contribution in [0.25, 0.3) is 0 Å². The van der Waals surface area contributed by atoms with E-state index in [0.29, 0.717) is 19.3 Å². The maximum atomic E-state index is 12.9. The Balaban J connectivity index is 4.36. The van der Waals surface area contributed by atoms with Crippen molar-refractivity contribution in [2.24, 2.45) is 0 Å². The van der Waals surface area contributed by atoms with E-state index in [-0.39, 0.29) is 31.1 Å². The van der Waals surface area contributed by atoms with Crippen molar-refractivity contribution in [1.29, 1.82) is 0 Å². The van der Waals surface area contributed by atoms with Gasteiger partial charge in [-0.05, 0) is 89.9 Å². The highest BCUT2D eigenvalue weighted by Crippen LogP contribution is 2.16. The Labute approximate surface area is 421 Å². The summed E-state index contributed by atoms with van der Waals surface area (Å²) in [6.07, 6.45) is 71.7. The number of carbonyl (C=O) groups is 3. The minimum atomic E-state index is -0.781. The predicted octanol–water partition coefficient (Wildman–Crippen LogP) is 19.4. The standard InChI is InChI=1S/C62H108O6/c1-4-7-10-13-16-19-22-25-27-29-30-31-32-34-35-37-40-43-46-49-52-55-61(64)67-58-59(57-66-60(63)54-51-48-45-42-39-24-21-18-15-12-9-6-3)68-62(65)56-53-50-47-44-41-38-36-33-28-26-23-20-17-14-11-8-5-2/h7,10,16-17,19-20,25-28,30-31,59H,4-6,8-9,11-15,18,21-24,29,32-58H2,1-3H3/b10-7-,19-16-,20-17-,27-25-,28-26-,31-30-. The molecule has 392 valence electrons. The van der Waals surface area contributed by atoms with Gasteiger partial charge in [-0.3, -0.25) is 14.4 Å². The van der Waals surface area contributed by atoms with Crippen molar-refractivity contribution in [3.63, 3.8) is 0 Å². The molecule has 0 bridgehead atoms. The topological polar surface area (TPSA) is 78.9 Å². The molecule has 0 saturated heterocycles. The van der Waals surface area contributed by atoms with Gasteiger partial charge in [0.1, 0.15) is 13.2 Å². The molecule has 0 saturated carbocycles. The Bertz CT molecular complexity index is 1270. The third-order valence-electron chi connectivity index (χ3n) is 12.4. The lowest BCUT2D eigenvalue weighted by Gasteiger charge is -2.18. The molecular formula is C62H108O6. The molecule has 0 aromatic carbocycles. The zero-order chi connectivity index (χ0) is 49.3. The zero-order valence-corrected chi connectivity index (χ0v) is 44.9. The summed E-state index contributed by atoms with van der Waals surface area (Å²) >= 11 is 0. The van der Waals surface area contributed by atoms with Crippen molar-refractivity contribution >= 4 is 17.9 Å². The smallest absolute Gasteiger partial charge is 0.306 e. The number of esters is 3. The largest absolute Gasteiger partial charge is 0.462 e. The van der Waals surface area contributed by atoms with Crippen LogP contribution in [-0.4, -0.2) is 37.2 Å². The zero-order valence-electron chi connectivity index (χ0n) is 44.9. The van der Waals surface area contributed by atoms with Crippen molar-refractivity contribution in [2.45, 2.75) is 290 Å². The lowest BCUT2D eigenvalue weighted by molar-refractivity contribution is -0.167. The van der Waals surface area contributed by atoms with Crippen LogP contribution in [0.4, 0.5) is 0 Å². The first-order valence-electron chi connectivity index (χ1n) is 28.9. The van der Waals surface area contributed by atoms with Gasteiger partial charge in [-0.1, -0.05) is 248 Å². The monoisotopic (exact) mass is 949 g/mol. The van der Waals surface area contributed by atoms with Gasteiger partial charge < -0.3 is 14.2 Å². The Hall–Kier alpha value is -3.15. The molecule has 0 fully saturated rings. The summed E-state index contributed by atoms with van der Waals surface area (Å²) in [6.45, 7) is 6.51. The maximum absolute atomic E-state index is 12.9. The van der Waals surface area contributed by atoms with Crippen molar-refractivity contribution in [3.8, 4) is 0 Å². The molecule has 0 radical (unpaired) electrons. The Kier molecular flexibility index (Phi) is 53.8. The fraction of sp³-hybridized carbons (Fsp3) is 0.758. The van der Waals surface area contributed by atoms with E-state index in [1.807, 2.05) is 0 Å². The molecule has 0 aliphatic carbocycles. The second-order valence-corrected chi connectivity index (χ2v) is 19.2. The van der Waals surface area contributed by atoms with Gasteiger partial charge in [-0.2, -0.15) is 0 Å². The number of rotatable bonds is 52. The Morgan fingerprint density at radius 3 is 0.926 bits per heavy atom. The van der Waals surface area contributed by atoms with Crippen LogP contribution in [0, 0.1) is 0 Å². The van der Waals surface area contributed by atoms with Gasteiger partial charge in [0.15, 0.2) is 6.10 Å². The Morgan fingerprint density at radius 1 is 0.309 bits per heavy atom. The highest BCUT2D eigenvalue weighted by molar-refractivity contribution is 5.71. The molecular weight excluding hydrogens is 841 g/mol. The third kappa shape index (κ3) is 53.8. The van der Waals surface area contributed by atoms with E-state index in [1.165, 1.54) is 141 Å². The second-order valence-electron chi connectivity index (χ2n) is 19.2. The molecule has 1 atom stereocenters. The van der Waals surface area contributed by atoms with Crippen molar-refractivity contribution in [1.82, 2.24) is 0 Å². The fourth-order valence-corrected chi connectivity index (χ4v) is 8.11. The van der Waals surface area contributed by atoms with Crippen molar-refractivity contribution in [3.05, 3.63) is 72.9 Å². The van der Waals surface area contributed by atoms with Crippen LogP contribution in [0.5, 0.6) is 0 Å². The summed E-state index contributed by atoms with van der Waals surface area (Å²) in [6, 6.07) is 0. The number of hydrogen-bond acceptors (Lipinski definition) is 6. The van der Waals surface area contributed by atoms with Crippen LogP contribution in [0.1, 0.15) is 284 Å². The first kappa shape index (κ1) is 64.8. The molecule has 0 aromatic heterocycles. The Morgan fingerprint density at radius 2 is 0.574 bits per heavy atom. The molecule has 0 rings (SSSR count). The van der Waals surface area contributed by atoms with Gasteiger partial charge in [0.25, 0.3) is 0 Å². The van der Waals surface area contributed by atoms with Crippen LogP contribution < -0.4 is 0 Å². The quantitative estimate of drug-likeness (QED) is 0.0262. The van der Waals surface area contributed by atoms with E-state index in [2.05, 4.69) is 93.7 Å². The van der Waals surface area contributed by atoms with Crippen molar-refractivity contribution in [2.75, 3.05) is 13.2 Å². The first-order chi connectivity index (χ1) is 33.5. The lowest BCUT2D eigenvalue weighted by atomic mass is 10.0. The van der Waals surface area contributed by atoms with Crippen LogP contribution in [0.2, 0.25) is 0 Å². The fourth-order valence-electron chi connectivity index (χ4n) is 8.11. The number of ether oxygens (including phenoxy) is 3. The minimum Gasteiger partial charge on any atom is -0.462 e.